The van der Waals surface area contributed by atoms with Gasteiger partial charge < -0.3 is 10.1 Å². The number of hydrogen-bond acceptors (Lipinski definition) is 5. The van der Waals surface area contributed by atoms with Crippen LogP contribution in [0.3, 0.4) is 0 Å². The summed E-state index contributed by atoms with van der Waals surface area (Å²) in [5.74, 6) is -0.851. The van der Waals surface area contributed by atoms with Crippen molar-refractivity contribution in [2.75, 3.05) is 0 Å². The summed E-state index contributed by atoms with van der Waals surface area (Å²) in [5, 5.41) is 14.0. The predicted octanol–water partition coefficient (Wildman–Crippen LogP) is 0.883. The lowest BCUT2D eigenvalue weighted by atomic mass is 10.1. The van der Waals surface area contributed by atoms with Gasteiger partial charge in [-0.2, -0.15) is 0 Å². The highest BCUT2D eigenvalue weighted by Gasteiger charge is 2.31. The van der Waals surface area contributed by atoms with Crippen molar-refractivity contribution in [2.24, 2.45) is 5.14 Å². The summed E-state index contributed by atoms with van der Waals surface area (Å²) in [5.41, 5.74) is -1.18. The Morgan fingerprint density at radius 3 is 2.41 bits per heavy atom. The smallest absolute Gasteiger partial charge is 0.358 e. The van der Waals surface area contributed by atoms with E-state index in [1.54, 1.807) is 0 Å². The van der Waals surface area contributed by atoms with Crippen LogP contribution in [0.2, 0.25) is 0 Å². The molecule has 1 heterocycles. The largest absolute Gasteiger partial charge is 0.365 e. The second-order valence-electron chi connectivity index (χ2n) is 3.12. The molecule has 0 unspecified atom stereocenters. The van der Waals surface area contributed by atoms with Crippen LogP contribution in [-0.2, 0) is 10.0 Å². The summed E-state index contributed by atoms with van der Waals surface area (Å²) in [4.78, 5) is 12.5. The number of aryl methyl sites for hydroxylation is 1. The van der Waals surface area contributed by atoms with Crippen molar-refractivity contribution < 1.29 is 22.1 Å². The Hall–Kier alpha value is -1.68. The van der Waals surface area contributed by atoms with Gasteiger partial charge in [-0.15, -0.1) is 0 Å². The lowest BCUT2D eigenvalue weighted by Crippen LogP contribution is -2.18. The van der Waals surface area contributed by atoms with Crippen LogP contribution in [0.25, 0.3) is 0 Å². The molecular formula is C7H7F2N3O4S. The zero-order valence-corrected chi connectivity index (χ0v) is 9.24. The molecule has 94 valence electrons. The summed E-state index contributed by atoms with van der Waals surface area (Å²) in [6, 6.07) is 0.760. The second kappa shape index (κ2) is 4.30. The van der Waals surface area contributed by atoms with Crippen molar-refractivity contribution in [1.82, 2.24) is 4.98 Å². The number of sulfonamides is 1. The van der Waals surface area contributed by atoms with E-state index in [4.69, 9.17) is 0 Å². The Morgan fingerprint density at radius 2 is 2.06 bits per heavy atom. The lowest BCUT2D eigenvalue weighted by Gasteiger charge is -2.06. The SMILES string of the molecule is Cc1cc([N+](=O)[O-])nc(S(N)(=O)=O)c1C(F)F. The first-order chi connectivity index (χ1) is 7.64. The summed E-state index contributed by atoms with van der Waals surface area (Å²) < 4.78 is 47.3. The first kappa shape index (κ1) is 13.4. The summed E-state index contributed by atoms with van der Waals surface area (Å²) in [6.45, 7) is 1.12. The normalized spacial score (nSPS) is 11.8. The van der Waals surface area contributed by atoms with Crippen molar-refractivity contribution in [3.8, 4) is 0 Å². The fourth-order valence-corrected chi connectivity index (χ4v) is 1.99. The highest BCUT2D eigenvalue weighted by Crippen LogP contribution is 2.29. The average molecular weight is 267 g/mol. The molecule has 0 aromatic carbocycles. The fraction of sp³-hybridized carbons (Fsp3) is 0.286. The number of pyridine rings is 1. The number of hydrogen-bond donors (Lipinski definition) is 1. The number of aromatic nitrogens is 1. The van der Waals surface area contributed by atoms with E-state index < -0.39 is 37.8 Å². The third kappa shape index (κ3) is 2.71. The molecular weight excluding hydrogens is 260 g/mol. The Morgan fingerprint density at radius 1 is 1.53 bits per heavy atom. The summed E-state index contributed by atoms with van der Waals surface area (Å²) in [6.07, 6.45) is -3.14. The van der Waals surface area contributed by atoms with Gasteiger partial charge in [0.25, 0.3) is 21.5 Å². The predicted molar refractivity (Wildman–Crippen MR) is 52.0 cm³/mol. The van der Waals surface area contributed by atoms with Gasteiger partial charge in [-0.05, 0) is 22.4 Å². The van der Waals surface area contributed by atoms with Crippen LogP contribution in [0, 0.1) is 17.0 Å². The molecule has 0 amide bonds. The van der Waals surface area contributed by atoms with Gasteiger partial charge in [-0.25, -0.2) is 22.3 Å². The third-order valence-electron chi connectivity index (χ3n) is 1.89. The van der Waals surface area contributed by atoms with Crippen LogP contribution >= 0.6 is 0 Å². The van der Waals surface area contributed by atoms with Gasteiger partial charge in [0.15, 0.2) is 0 Å². The molecule has 1 aromatic rings. The lowest BCUT2D eigenvalue weighted by molar-refractivity contribution is -0.390. The van der Waals surface area contributed by atoms with Gasteiger partial charge in [-0.1, -0.05) is 0 Å². The Labute approximate surface area is 94.5 Å². The molecule has 10 heteroatoms. The van der Waals surface area contributed by atoms with Crippen molar-refractivity contribution in [2.45, 2.75) is 18.4 Å². The van der Waals surface area contributed by atoms with Crippen LogP contribution in [0.4, 0.5) is 14.6 Å². The van der Waals surface area contributed by atoms with Gasteiger partial charge in [0.05, 0.1) is 5.56 Å². The van der Waals surface area contributed by atoms with Crippen molar-refractivity contribution in [3.63, 3.8) is 0 Å². The van der Waals surface area contributed by atoms with Crippen molar-refractivity contribution in [1.29, 1.82) is 0 Å². The molecule has 0 atom stereocenters. The molecule has 7 nitrogen and oxygen atoms in total. The molecule has 0 saturated heterocycles. The third-order valence-corrected chi connectivity index (χ3v) is 2.74. The first-order valence-electron chi connectivity index (χ1n) is 4.11. The number of rotatable bonds is 3. The molecule has 0 fully saturated rings. The summed E-state index contributed by atoms with van der Waals surface area (Å²) in [7, 11) is -4.55. The topological polar surface area (TPSA) is 116 Å². The summed E-state index contributed by atoms with van der Waals surface area (Å²) >= 11 is 0. The van der Waals surface area contributed by atoms with E-state index in [2.05, 4.69) is 10.1 Å². The molecule has 2 N–H and O–H groups in total. The Kier molecular flexibility index (Phi) is 3.38. The maximum atomic E-state index is 12.6. The molecule has 0 bridgehead atoms. The molecule has 0 aliphatic heterocycles. The maximum absolute atomic E-state index is 12.6. The van der Waals surface area contributed by atoms with Crippen molar-refractivity contribution >= 4 is 15.8 Å². The van der Waals surface area contributed by atoms with E-state index in [0.29, 0.717) is 0 Å². The number of alkyl halides is 2. The maximum Gasteiger partial charge on any atom is 0.365 e. The number of nitro groups is 1. The molecule has 0 aliphatic rings. The standard InChI is InChI=1S/C7H7F2N3O4S/c1-3-2-4(12(13)14)11-7(17(10,15)16)5(3)6(8)9/h2,6H,1H3,(H2,10,15,16). The fourth-order valence-electron chi connectivity index (χ4n) is 1.21. The molecule has 0 saturated carbocycles. The average Bonchev–Trinajstić information content (AvgIpc) is 2.14. The molecule has 17 heavy (non-hydrogen) atoms. The monoisotopic (exact) mass is 267 g/mol. The minimum absolute atomic E-state index is 0.259. The van der Waals surface area contributed by atoms with Crippen LogP contribution < -0.4 is 5.14 Å². The van der Waals surface area contributed by atoms with Crippen molar-refractivity contribution in [3.05, 3.63) is 27.3 Å². The minimum atomic E-state index is -4.55. The van der Waals surface area contributed by atoms with E-state index in [-0.39, 0.29) is 5.56 Å². The van der Waals surface area contributed by atoms with E-state index >= 15 is 0 Å². The molecule has 0 aliphatic carbocycles. The Balaban J connectivity index is 3.69. The molecule has 0 radical (unpaired) electrons. The number of halogens is 2. The van der Waals surface area contributed by atoms with Gasteiger partial charge >= 0.3 is 5.82 Å². The highest BCUT2D eigenvalue weighted by molar-refractivity contribution is 7.89. The zero-order chi connectivity index (χ0) is 13.4. The van der Waals surface area contributed by atoms with Crippen LogP contribution in [0.1, 0.15) is 17.6 Å². The first-order valence-corrected chi connectivity index (χ1v) is 5.66. The number of nitrogens with zero attached hydrogens (tertiary/aromatic N) is 2. The van der Waals surface area contributed by atoms with Gasteiger partial charge in [0.1, 0.15) is 0 Å². The Bertz CT molecular complexity index is 573. The van der Waals surface area contributed by atoms with E-state index in [9.17, 15) is 27.3 Å². The van der Waals surface area contributed by atoms with Crippen LogP contribution in [0.5, 0.6) is 0 Å². The number of primary sulfonamides is 1. The second-order valence-corrected chi connectivity index (χ2v) is 4.60. The van der Waals surface area contributed by atoms with E-state index in [1.165, 1.54) is 0 Å². The number of nitrogens with two attached hydrogens (primary N) is 1. The highest BCUT2D eigenvalue weighted by atomic mass is 32.2. The van der Waals surface area contributed by atoms with E-state index in [0.717, 1.165) is 13.0 Å². The zero-order valence-electron chi connectivity index (χ0n) is 8.42. The van der Waals surface area contributed by atoms with E-state index in [1.807, 2.05) is 0 Å². The molecule has 1 rings (SSSR count). The quantitative estimate of drug-likeness (QED) is 0.644. The molecule has 0 spiro atoms. The van der Waals surface area contributed by atoms with Crippen LogP contribution in [0.15, 0.2) is 11.1 Å². The van der Waals surface area contributed by atoms with Gasteiger partial charge in [0, 0.05) is 6.07 Å². The van der Waals surface area contributed by atoms with Gasteiger partial charge in [0.2, 0.25) is 0 Å². The molecule has 1 aromatic heterocycles. The van der Waals surface area contributed by atoms with Crippen LogP contribution in [-0.4, -0.2) is 18.3 Å². The van der Waals surface area contributed by atoms with Gasteiger partial charge in [-0.3, -0.25) is 0 Å². The minimum Gasteiger partial charge on any atom is -0.358 e.